The average molecular weight is 429 g/mol. The highest BCUT2D eigenvalue weighted by atomic mass is 19.4. The number of amides is 1. The molecular formula is C20H30F3N5O2. The quantitative estimate of drug-likeness (QED) is 0.316. The molecule has 2 rings (SSSR count). The Labute approximate surface area is 175 Å². The number of carbonyl (C=O) groups is 1. The van der Waals surface area contributed by atoms with Crippen molar-refractivity contribution < 1.29 is 22.7 Å². The van der Waals surface area contributed by atoms with E-state index in [2.05, 4.69) is 25.8 Å². The van der Waals surface area contributed by atoms with Gasteiger partial charge in [-0.05, 0) is 31.0 Å². The van der Waals surface area contributed by atoms with E-state index in [9.17, 15) is 18.0 Å². The zero-order valence-corrected chi connectivity index (χ0v) is 17.4. The summed E-state index contributed by atoms with van der Waals surface area (Å²) in [5, 5.41) is 9.17. The Balaban J connectivity index is 1.82. The summed E-state index contributed by atoms with van der Waals surface area (Å²) in [4.78, 5) is 18.3. The van der Waals surface area contributed by atoms with E-state index >= 15 is 0 Å². The van der Waals surface area contributed by atoms with Gasteiger partial charge in [-0.1, -0.05) is 12.1 Å². The van der Waals surface area contributed by atoms with Gasteiger partial charge in [-0.3, -0.25) is 9.69 Å². The highest BCUT2D eigenvalue weighted by Gasteiger charge is 2.30. The highest BCUT2D eigenvalue weighted by molar-refractivity contribution is 5.85. The molecule has 0 aliphatic carbocycles. The minimum Gasteiger partial charge on any atom is -0.383 e. The number of aliphatic imine (C=N–C) groups is 1. The number of halogens is 3. The molecular weight excluding hydrogens is 399 g/mol. The van der Waals surface area contributed by atoms with Crippen LogP contribution in [0.5, 0.6) is 0 Å². The Morgan fingerprint density at radius 1 is 1.27 bits per heavy atom. The molecule has 1 saturated heterocycles. The molecule has 168 valence electrons. The van der Waals surface area contributed by atoms with Crippen LogP contribution in [0.3, 0.4) is 0 Å². The molecule has 1 aromatic carbocycles. The second-order valence-electron chi connectivity index (χ2n) is 7.10. The maximum absolute atomic E-state index is 12.7. The molecule has 10 heteroatoms. The maximum atomic E-state index is 12.7. The number of hydrogen-bond donors (Lipinski definition) is 3. The van der Waals surface area contributed by atoms with Crippen LogP contribution in [-0.4, -0.2) is 69.2 Å². The van der Waals surface area contributed by atoms with Gasteiger partial charge in [0.15, 0.2) is 5.96 Å². The molecule has 1 aliphatic heterocycles. The Morgan fingerprint density at radius 3 is 2.63 bits per heavy atom. The second-order valence-corrected chi connectivity index (χ2v) is 7.10. The molecule has 0 spiro atoms. The number of benzene rings is 1. The predicted octanol–water partition coefficient (Wildman–Crippen LogP) is 1.60. The molecule has 30 heavy (non-hydrogen) atoms. The SMILES string of the molecule is CCNC(=NCC(=O)NCCOC)NC1CCN(Cc2ccc(C(F)(F)F)cc2)C1. The monoisotopic (exact) mass is 429 g/mol. The molecule has 0 radical (unpaired) electrons. The topological polar surface area (TPSA) is 78.0 Å². The van der Waals surface area contributed by atoms with Crippen molar-refractivity contribution in [2.24, 2.45) is 4.99 Å². The normalized spacial score (nSPS) is 17.8. The first-order valence-corrected chi connectivity index (χ1v) is 10.0. The number of methoxy groups -OCH3 is 1. The lowest BCUT2D eigenvalue weighted by atomic mass is 10.1. The van der Waals surface area contributed by atoms with Crippen molar-refractivity contribution in [2.45, 2.75) is 32.1 Å². The number of guanidine groups is 1. The van der Waals surface area contributed by atoms with Gasteiger partial charge >= 0.3 is 6.18 Å². The molecule has 1 aliphatic rings. The molecule has 0 bridgehead atoms. The minimum absolute atomic E-state index is 0.0149. The fourth-order valence-electron chi connectivity index (χ4n) is 3.16. The Hall–Kier alpha value is -2.33. The Morgan fingerprint density at radius 2 is 2.00 bits per heavy atom. The van der Waals surface area contributed by atoms with Crippen LogP contribution in [0.25, 0.3) is 0 Å². The number of nitrogens with zero attached hydrogens (tertiary/aromatic N) is 2. The van der Waals surface area contributed by atoms with Crippen molar-refractivity contribution in [3.05, 3.63) is 35.4 Å². The van der Waals surface area contributed by atoms with Crippen molar-refractivity contribution in [3.8, 4) is 0 Å². The van der Waals surface area contributed by atoms with Gasteiger partial charge in [-0.15, -0.1) is 0 Å². The Bertz CT molecular complexity index is 695. The second kappa shape index (κ2) is 11.8. The van der Waals surface area contributed by atoms with E-state index in [0.29, 0.717) is 32.2 Å². The first-order chi connectivity index (χ1) is 14.3. The van der Waals surface area contributed by atoms with Gasteiger partial charge in [-0.2, -0.15) is 13.2 Å². The summed E-state index contributed by atoms with van der Waals surface area (Å²) in [5.74, 6) is 0.389. The lowest BCUT2D eigenvalue weighted by Gasteiger charge is -2.19. The van der Waals surface area contributed by atoms with E-state index in [1.165, 1.54) is 12.1 Å². The number of hydrogen-bond acceptors (Lipinski definition) is 4. The molecule has 0 saturated carbocycles. The number of carbonyl (C=O) groups excluding carboxylic acids is 1. The predicted molar refractivity (Wildman–Crippen MR) is 109 cm³/mol. The summed E-state index contributed by atoms with van der Waals surface area (Å²) < 4.78 is 42.9. The number of likely N-dealkylation sites (tertiary alicyclic amines) is 1. The van der Waals surface area contributed by atoms with Crippen LogP contribution in [0.15, 0.2) is 29.3 Å². The molecule has 7 nitrogen and oxygen atoms in total. The van der Waals surface area contributed by atoms with Crippen molar-refractivity contribution in [1.29, 1.82) is 0 Å². The van der Waals surface area contributed by atoms with Gasteiger partial charge in [0.25, 0.3) is 0 Å². The van der Waals surface area contributed by atoms with E-state index < -0.39 is 11.7 Å². The lowest BCUT2D eigenvalue weighted by Crippen LogP contribution is -2.45. The zero-order chi connectivity index (χ0) is 22.0. The lowest BCUT2D eigenvalue weighted by molar-refractivity contribution is -0.137. The van der Waals surface area contributed by atoms with Gasteiger partial charge < -0.3 is 20.7 Å². The standard InChI is InChI=1S/C20H30F3N5O2/c1-3-24-19(26-12-18(29)25-9-11-30-2)27-17-8-10-28(14-17)13-15-4-6-16(7-5-15)20(21,22)23/h4-7,17H,3,8-14H2,1-2H3,(H,25,29)(H2,24,26,27). The van der Waals surface area contributed by atoms with Crippen molar-refractivity contribution in [1.82, 2.24) is 20.9 Å². The fraction of sp³-hybridized carbons (Fsp3) is 0.600. The van der Waals surface area contributed by atoms with Gasteiger partial charge in [-0.25, -0.2) is 4.99 Å². The molecule has 1 heterocycles. The van der Waals surface area contributed by atoms with E-state index in [-0.39, 0.29) is 18.5 Å². The van der Waals surface area contributed by atoms with Crippen molar-refractivity contribution in [2.75, 3.05) is 46.4 Å². The minimum atomic E-state index is -4.32. The molecule has 1 aromatic rings. The van der Waals surface area contributed by atoms with E-state index in [0.717, 1.165) is 37.2 Å². The van der Waals surface area contributed by atoms with E-state index in [1.807, 2.05) is 6.92 Å². The summed E-state index contributed by atoms with van der Waals surface area (Å²) >= 11 is 0. The number of alkyl halides is 3. The summed E-state index contributed by atoms with van der Waals surface area (Å²) in [7, 11) is 1.57. The van der Waals surface area contributed by atoms with E-state index in [4.69, 9.17) is 4.74 Å². The van der Waals surface area contributed by atoms with Crippen molar-refractivity contribution >= 4 is 11.9 Å². The zero-order valence-electron chi connectivity index (χ0n) is 17.4. The first kappa shape index (κ1) is 23.9. The highest BCUT2D eigenvalue weighted by Crippen LogP contribution is 2.29. The van der Waals surface area contributed by atoms with Gasteiger partial charge in [0.1, 0.15) is 6.54 Å². The molecule has 1 unspecified atom stereocenters. The fourth-order valence-corrected chi connectivity index (χ4v) is 3.16. The molecule has 0 aromatic heterocycles. The summed E-state index contributed by atoms with van der Waals surface area (Å²) in [6, 6.07) is 5.44. The van der Waals surface area contributed by atoms with Crippen molar-refractivity contribution in [3.63, 3.8) is 0 Å². The first-order valence-electron chi connectivity index (χ1n) is 10.0. The average Bonchev–Trinajstić information content (AvgIpc) is 3.13. The summed E-state index contributed by atoms with van der Waals surface area (Å²) in [6.45, 7) is 5.68. The van der Waals surface area contributed by atoms with Crippen LogP contribution in [0.2, 0.25) is 0 Å². The largest absolute Gasteiger partial charge is 0.416 e. The van der Waals surface area contributed by atoms with Gasteiger partial charge in [0, 0.05) is 45.9 Å². The third kappa shape index (κ3) is 8.19. The van der Waals surface area contributed by atoms with Crippen LogP contribution in [0.1, 0.15) is 24.5 Å². The van der Waals surface area contributed by atoms with Gasteiger partial charge in [0.05, 0.1) is 12.2 Å². The van der Waals surface area contributed by atoms with Crippen LogP contribution >= 0.6 is 0 Å². The van der Waals surface area contributed by atoms with Crippen LogP contribution in [-0.2, 0) is 22.3 Å². The molecule has 1 amide bonds. The third-order valence-electron chi connectivity index (χ3n) is 4.65. The van der Waals surface area contributed by atoms with Gasteiger partial charge in [0.2, 0.25) is 5.91 Å². The maximum Gasteiger partial charge on any atom is 0.416 e. The number of ether oxygens (including phenoxy) is 1. The van der Waals surface area contributed by atoms with Crippen LogP contribution in [0, 0.1) is 0 Å². The molecule has 1 fully saturated rings. The smallest absolute Gasteiger partial charge is 0.383 e. The summed E-state index contributed by atoms with van der Waals surface area (Å²) in [5.41, 5.74) is 0.210. The van der Waals surface area contributed by atoms with E-state index in [1.54, 1.807) is 7.11 Å². The summed E-state index contributed by atoms with van der Waals surface area (Å²) in [6.07, 6.45) is -3.44. The van der Waals surface area contributed by atoms with Crippen LogP contribution in [0.4, 0.5) is 13.2 Å². The number of rotatable bonds is 9. The number of nitrogens with one attached hydrogen (secondary N) is 3. The Kier molecular flexibility index (Phi) is 9.38. The molecule has 3 N–H and O–H groups in total. The third-order valence-corrected chi connectivity index (χ3v) is 4.65. The molecule has 1 atom stereocenters. The van der Waals surface area contributed by atoms with Crippen LogP contribution < -0.4 is 16.0 Å².